The van der Waals surface area contributed by atoms with Gasteiger partial charge in [0, 0.05) is 18.3 Å². The third-order valence-corrected chi connectivity index (χ3v) is 2.77. The second kappa shape index (κ2) is 6.69. The maximum atomic E-state index is 11.3. The van der Waals surface area contributed by atoms with Crippen molar-refractivity contribution in [3.8, 4) is 5.75 Å². The van der Waals surface area contributed by atoms with E-state index in [1.165, 1.54) is 0 Å². The van der Waals surface area contributed by atoms with Gasteiger partial charge in [0.2, 0.25) is 0 Å². The first kappa shape index (κ1) is 14.8. The summed E-state index contributed by atoms with van der Waals surface area (Å²) in [5.74, 6) is 1.21. The third-order valence-electron chi connectivity index (χ3n) is 2.77. The standard InChI is InChI=1S/C15H18N4O2/c1-3-17-13-8-10(2)18-14(19-13)9-21-12-7-5-4-6-11(12)15(16)20/h4-8H,3,9H2,1-2H3,(H2,16,20)(H,17,18,19). The van der Waals surface area contributed by atoms with Gasteiger partial charge in [-0.15, -0.1) is 0 Å². The maximum Gasteiger partial charge on any atom is 0.252 e. The lowest BCUT2D eigenvalue weighted by atomic mass is 10.2. The molecular formula is C15H18N4O2. The van der Waals surface area contributed by atoms with Gasteiger partial charge in [-0.1, -0.05) is 12.1 Å². The summed E-state index contributed by atoms with van der Waals surface area (Å²) in [7, 11) is 0. The molecule has 0 aliphatic carbocycles. The largest absolute Gasteiger partial charge is 0.485 e. The van der Waals surface area contributed by atoms with E-state index in [4.69, 9.17) is 10.5 Å². The van der Waals surface area contributed by atoms with E-state index in [1.54, 1.807) is 24.3 Å². The van der Waals surface area contributed by atoms with Gasteiger partial charge in [-0.05, 0) is 26.0 Å². The van der Waals surface area contributed by atoms with Gasteiger partial charge in [0.15, 0.2) is 5.82 Å². The highest BCUT2D eigenvalue weighted by Crippen LogP contribution is 2.18. The predicted octanol–water partition coefficient (Wildman–Crippen LogP) is 1.89. The number of nitrogens with zero attached hydrogens (tertiary/aromatic N) is 2. The van der Waals surface area contributed by atoms with Crippen LogP contribution in [0.15, 0.2) is 30.3 Å². The van der Waals surface area contributed by atoms with Crippen LogP contribution in [0.25, 0.3) is 0 Å². The third kappa shape index (κ3) is 3.92. The Labute approximate surface area is 123 Å². The van der Waals surface area contributed by atoms with E-state index in [1.807, 2.05) is 19.9 Å². The van der Waals surface area contributed by atoms with Crippen molar-refractivity contribution >= 4 is 11.7 Å². The first-order valence-electron chi connectivity index (χ1n) is 6.70. The van der Waals surface area contributed by atoms with E-state index in [0.29, 0.717) is 17.1 Å². The second-order valence-electron chi connectivity index (χ2n) is 4.49. The van der Waals surface area contributed by atoms with Crippen molar-refractivity contribution < 1.29 is 9.53 Å². The number of hydrogen-bond donors (Lipinski definition) is 2. The lowest BCUT2D eigenvalue weighted by Crippen LogP contribution is -2.13. The predicted molar refractivity (Wildman–Crippen MR) is 80.2 cm³/mol. The van der Waals surface area contributed by atoms with Gasteiger partial charge in [0.05, 0.1) is 5.56 Å². The number of para-hydroxylation sites is 1. The Balaban J connectivity index is 2.15. The van der Waals surface area contributed by atoms with Gasteiger partial charge in [-0.25, -0.2) is 9.97 Å². The van der Waals surface area contributed by atoms with Crippen molar-refractivity contribution in [1.82, 2.24) is 9.97 Å². The minimum atomic E-state index is -0.524. The Bertz CT molecular complexity index is 643. The van der Waals surface area contributed by atoms with Crippen LogP contribution in [0, 0.1) is 6.92 Å². The number of aryl methyl sites for hydroxylation is 1. The summed E-state index contributed by atoms with van der Waals surface area (Å²) in [5, 5.41) is 3.14. The highest BCUT2D eigenvalue weighted by atomic mass is 16.5. The highest BCUT2D eigenvalue weighted by Gasteiger charge is 2.09. The summed E-state index contributed by atoms with van der Waals surface area (Å²) in [4.78, 5) is 20.0. The zero-order valence-electron chi connectivity index (χ0n) is 12.1. The van der Waals surface area contributed by atoms with Gasteiger partial charge in [0.1, 0.15) is 18.2 Å². The Morgan fingerprint density at radius 1 is 1.33 bits per heavy atom. The summed E-state index contributed by atoms with van der Waals surface area (Å²) in [6, 6.07) is 8.70. The average molecular weight is 286 g/mol. The summed E-state index contributed by atoms with van der Waals surface area (Å²) in [6.07, 6.45) is 0. The van der Waals surface area contributed by atoms with Crippen LogP contribution >= 0.6 is 0 Å². The molecule has 6 heteroatoms. The number of benzene rings is 1. The number of primary amides is 1. The van der Waals surface area contributed by atoms with Gasteiger partial charge < -0.3 is 15.8 Å². The van der Waals surface area contributed by atoms with Crippen LogP contribution in [-0.2, 0) is 6.61 Å². The molecule has 0 radical (unpaired) electrons. The van der Waals surface area contributed by atoms with E-state index in [0.717, 1.165) is 18.1 Å². The summed E-state index contributed by atoms with van der Waals surface area (Å²) in [5.41, 5.74) is 6.51. The Hall–Kier alpha value is -2.63. The number of hydrogen-bond acceptors (Lipinski definition) is 5. The van der Waals surface area contributed by atoms with Crippen molar-refractivity contribution in [3.63, 3.8) is 0 Å². The zero-order chi connectivity index (χ0) is 15.2. The van der Waals surface area contributed by atoms with Crippen molar-refractivity contribution in [2.75, 3.05) is 11.9 Å². The quantitative estimate of drug-likeness (QED) is 0.846. The average Bonchev–Trinajstić information content (AvgIpc) is 2.45. The molecule has 0 unspecified atom stereocenters. The van der Waals surface area contributed by atoms with E-state index in [9.17, 15) is 4.79 Å². The first-order chi connectivity index (χ1) is 10.1. The SMILES string of the molecule is CCNc1cc(C)nc(COc2ccccc2C(N)=O)n1. The summed E-state index contributed by atoms with van der Waals surface area (Å²) >= 11 is 0. The number of anilines is 1. The van der Waals surface area contributed by atoms with Crippen LogP contribution in [0.3, 0.4) is 0 Å². The van der Waals surface area contributed by atoms with E-state index in [2.05, 4.69) is 15.3 Å². The molecule has 0 aliphatic heterocycles. The van der Waals surface area contributed by atoms with Crippen molar-refractivity contribution in [2.45, 2.75) is 20.5 Å². The van der Waals surface area contributed by atoms with Crippen LogP contribution in [-0.4, -0.2) is 22.4 Å². The lowest BCUT2D eigenvalue weighted by Gasteiger charge is -2.10. The Morgan fingerprint density at radius 3 is 2.81 bits per heavy atom. The molecule has 6 nitrogen and oxygen atoms in total. The molecule has 1 aromatic carbocycles. The number of aromatic nitrogens is 2. The molecule has 3 N–H and O–H groups in total. The zero-order valence-corrected chi connectivity index (χ0v) is 12.1. The Morgan fingerprint density at radius 2 is 2.10 bits per heavy atom. The van der Waals surface area contributed by atoms with Crippen molar-refractivity contribution in [1.29, 1.82) is 0 Å². The van der Waals surface area contributed by atoms with E-state index < -0.39 is 5.91 Å². The number of amides is 1. The molecule has 0 spiro atoms. The molecule has 2 aromatic rings. The molecule has 1 heterocycles. The molecule has 21 heavy (non-hydrogen) atoms. The van der Waals surface area contributed by atoms with Crippen LogP contribution in [0.4, 0.5) is 5.82 Å². The molecule has 1 amide bonds. The minimum Gasteiger partial charge on any atom is -0.485 e. The van der Waals surface area contributed by atoms with Crippen LogP contribution in [0.5, 0.6) is 5.75 Å². The summed E-state index contributed by atoms with van der Waals surface area (Å²) in [6.45, 7) is 4.84. The number of nitrogens with two attached hydrogens (primary N) is 1. The normalized spacial score (nSPS) is 10.2. The molecule has 2 rings (SSSR count). The molecule has 0 bridgehead atoms. The molecular weight excluding hydrogens is 268 g/mol. The number of carbonyl (C=O) groups excluding carboxylic acids is 1. The molecule has 0 saturated heterocycles. The number of nitrogens with one attached hydrogen (secondary N) is 1. The van der Waals surface area contributed by atoms with Gasteiger partial charge in [-0.3, -0.25) is 4.79 Å². The Kier molecular flexibility index (Phi) is 4.71. The first-order valence-corrected chi connectivity index (χ1v) is 6.70. The molecule has 0 fully saturated rings. The molecule has 0 atom stereocenters. The molecule has 0 aliphatic rings. The van der Waals surface area contributed by atoms with E-state index >= 15 is 0 Å². The topological polar surface area (TPSA) is 90.1 Å². The lowest BCUT2D eigenvalue weighted by molar-refractivity contribution is 0.0995. The minimum absolute atomic E-state index is 0.171. The van der Waals surface area contributed by atoms with Crippen molar-refractivity contribution in [2.24, 2.45) is 5.73 Å². The fourth-order valence-corrected chi connectivity index (χ4v) is 1.90. The van der Waals surface area contributed by atoms with Crippen LogP contribution < -0.4 is 15.8 Å². The number of rotatable bonds is 6. The maximum absolute atomic E-state index is 11.3. The van der Waals surface area contributed by atoms with Crippen LogP contribution in [0.2, 0.25) is 0 Å². The number of carbonyl (C=O) groups is 1. The fraction of sp³-hybridized carbons (Fsp3) is 0.267. The molecule has 110 valence electrons. The smallest absolute Gasteiger partial charge is 0.252 e. The van der Waals surface area contributed by atoms with Gasteiger partial charge >= 0.3 is 0 Å². The summed E-state index contributed by atoms with van der Waals surface area (Å²) < 4.78 is 5.62. The molecule has 1 aromatic heterocycles. The van der Waals surface area contributed by atoms with Gasteiger partial charge in [-0.2, -0.15) is 0 Å². The highest BCUT2D eigenvalue weighted by molar-refractivity contribution is 5.95. The van der Waals surface area contributed by atoms with Crippen molar-refractivity contribution in [3.05, 3.63) is 47.4 Å². The second-order valence-corrected chi connectivity index (χ2v) is 4.49. The number of ether oxygens (including phenoxy) is 1. The fourth-order valence-electron chi connectivity index (χ4n) is 1.90. The molecule has 0 saturated carbocycles. The van der Waals surface area contributed by atoms with Crippen LogP contribution in [0.1, 0.15) is 28.8 Å². The van der Waals surface area contributed by atoms with E-state index in [-0.39, 0.29) is 6.61 Å². The monoisotopic (exact) mass is 286 g/mol. The van der Waals surface area contributed by atoms with Gasteiger partial charge in [0.25, 0.3) is 5.91 Å².